The summed E-state index contributed by atoms with van der Waals surface area (Å²) in [7, 11) is 0. The van der Waals surface area contributed by atoms with Gasteiger partial charge in [0, 0.05) is 25.2 Å². The average molecular weight is 254 g/mol. The lowest BCUT2D eigenvalue weighted by Crippen LogP contribution is -2.37. The Balaban J connectivity index is 2.31. The van der Waals surface area contributed by atoms with Crippen LogP contribution in [0, 0.1) is 0 Å². The molecule has 0 aliphatic carbocycles. The molecule has 1 aliphatic heterocycles. The summed E-state index contributed by atoms with van der Waals surface area (Å²) in [6.45, 7) is -0.215. The number of carbonyl (C=O) groups excluding carboxylic acids is 1. The van der Waals surface area contributed by atoms with Crippen molar-refractivity contribution in [1.82, 2.24) is 0 Å². The first kappa shape index (κ1) is 12.7. The van der Waals surface area contributed by atoms with Crippen LogP contribution in [-0.2, 0) is 0 Å². The van der Waals surface area contributed by atoms with Gasteiger partial charge in [0.1, 0.15) is 28.9 Å². The van der Waals surface area contributed by atoms with Crippen LogP contribution >= 0.6 is 0 Å². The van der Waals surface area contributed by atoms with Crippen molar-refractivity contribution < 1.29 is 30.0 Å². The van der Waals surface area contributed by atoms with Gasteiger partial charge < -0.3 is 25.2 Å². The Morgan fingerprint density at radius 2 is 2.11 bits per heavy atom. The summed E-state index contributed by atoms with van der Waals surface area (Å²) < 4.78 is 5.38. The van der Waals surface area contributed by atoms with E-state index in [1.807, 2.05) is 0 Å². The van der Waals surface area contributed by atoms with E-state index in [9.17, 15) is 20.1 Å². The molecule has 18 heavy (non-hydrogen) atoms. The van der Waals surface area contributed by atoms with Gasteiger partial charge in [-0.2, -0.15) is 0 Å². The molecular weight excluding hydrogens is 240 g/mol. The molecule has 0 aromatic heterocycles. The summed E-state index contributed by atoms with van der Waals surface area (Å²) >= 11 is 0. The van der Waals surface area contributed by atoms with Gasteiger partial charge in [-0.1, -0.05) is 0 Å². The molecule has 2 atom stereocenters. The quantitative estimate of drug-likeness (QED) is 0.612. The van der Waals surface area contributed by atoms with Crippen molar-refractivity contribution in [1.29, 1.82) is 0 Å². The molecule has 0 spiro atoms. The van der Waals surface area contributed by atoms with Gasteiger partial charge in [-0.25, -0.2) is 0 Å². The zero-order valence-electron chi connectivity index (χ0n) is 9.54. The monoisotopic (exact) mass is 254 g/mol. The highest BCUT2D eigenvalue weighted by Crippen LogP contribution is 2.38. The van der Waals surface area contributed by atoms with Gasteiger partial charge in [0.2, 0.25) is 0 Å². The van der Waals surface area contributed by atoms with Crippen LogP contribution in [0.3, 0.4) is 0 Å². The number of rotatable bonds is 3. The Kier molecular flexibility index (Phi) is 3.40. The highest BCUT2D eigenvalue weighted by Gasteiger charge is 2.33. The maximum Gasteiger partial charge on any atom is 0.174 e. The third-order valence-corrected chi connectivity index (χ3v) is 2.86. The van der Waals surface area contributed by atoms with Crippen LogP contribution in [0.25, 0.3) is 0 Å². The minimum Gasteiger partial charge on any atom is -0.508 e. The van der Waals surface area contributed by atoms with E-state index in [1.165, 1.54) is 6.07 Å². The number of aliphatic hydroxyl groups excluding tert-OH is 2. The fourth-order valence-electron chi connectivity index (χ4n) is 1.98. The molecule has 1 aliphatic rings. The minimum absolute atomic E-state index is 0.0141. The van der Waals surface area contributed by atoms with Crippen molar-refractivity contribution in [3.63, 3.8) is 0 Å². The molecule has 6 heteroatoms. The van der Waals surface area contributed by atoms with Crippen LogP contribution in [-0.4, -0.2) is 45.0 Å². The smallest absolute Gasteiger partial charge is 0.174 e. The van der Waals surface area contributed by atoms with Crippen molar-refractivity contribution in [2.75, 3.05) is 6.61 Å². The molecule has 0 fully saturated rings. The number of hydrogen-bond donors (Lipinski definition) is 4. The summed E-state index contributed by atoms with van der Waals surface area (Å²) in [5.41, 5.74) is 0.0141. The number of phenolic OH excluding ortho intramolecular Hbond substituents is 2. The van der Waals surface area contributed by atoms with E-state index in [0.29, 0.717) is 0 Å². The number of hydrogen-bond acceptors (Lipinski definition) is 6. The molecule has 6 nitrogen and oxygen atoms in total. The molecule has 1 aromatic rings. The fourth-order valence-corrected chi connectivity index (χ4v) is 1.98. The zero-order valence-corrected chi connectivity index (χ0v) is 9.54. The number of aliphatic hydroxyl groups is 2. The summed E-state index contributed by atoms with van der Waals surface area (Å²) in [6.07, 6.45) is -1.74. The van der Waals surface area contributed by atoms with E-state index in [1.54, 1.807) is 0 Å². The number of ketones is 1. The van der Waals surface area contributed by atoms with Gasteiger partial charge in [0.05, 0.1) is 12.5 Å². The van der Waals surface area contributed by atoms with Gasteiger partial charge in [-0.05, 0) is 0 Å². The molecule has 2 rings (SSSR count). The Morgan fingerprint density at radius 1 is 1.39 bits per heavy atom. The van der Waals surface area contributed by atoms with Crippen molar-refractivity contribution in [2.45, 2.75) is 25.0 Å². The summed E-state index contributed by atoms with van der Waals surface area (Å²) in [5.74, 6) is -0.886. The van der Waals surface area contributed by atoms with Crippen molar-refractivity contribution in [2.24, 2.45) is 0 Å². The predicted molar refractivity (Wildman–Crippen MR) is 60.8 cm³/mol. The Morgan fingerprint density at radius 3 is 2.78 bits per heavy atom. The molecule has 2 unspecified atom stereocenters. The van der Waals surface area contributed by atoms with E-state index in [0.717, 1.165) is 6.07 Å². The van der Waals surface area contributed by atoms with E-state index in [2.05, 4.69) is 0 Å². The Hall–Kier alpha value is -1.79. The zero-order chi connectivity index (χ0) is 13.3. The maximum atomic E-state index is 11.8. The lowest BCUT2D eigenvalue weighted by atomic mass is 9.96. The van der Waals surface area contributed by atoms with Crippen LogP contribution in [0.1, 0.15) is 23.2 Å². The molecule has 0 amide bonds. The second kappa shape index (κ2) is 4.83. The van der Waals surface area contributed by atoms with Crippen molar-refractivity contribution >= 4 is 5.78 Å². The Bertz CT molecular complexity index is 470. The molecule has 0 saturated carbocycles. The highest BCUT2D eigenvalue weighted by atomic mass is 16.5. The lowest BCUT2D eigenvalue weighted by Gasteiger charge is -2.28. The van der Waals surface area contributed by atoms with Gasteiger partial charge in [-0.3, -0.25) is 4.79 Å². The van der Waals surface area contributed by atoms with Crippen molar-refractivity contribution in [3.05, 3.63) is 17.7 Å². The molecule has 0 saturated heterocycles. The van der Waals surface area contributed by atoms with E-state index < -0.39 is 12.2 Å². The molecule has 4 N–H and O–H groups in total. The number of fused-ring (bicyclic) bond motifs is 1. The number of Topliss-reactive ketones (excluding diaryl/α,β-unsaturated/α-hetero) is 1. The molecular formula is C12H14O6. The first-order valence-corrected chi connectivity index (χ1v) is 5.57. The van der Waals surface area contributed by atoms with E-state index in [-0.39, 0.29) is 48.0 Å². The first-order chi connectivity index (χ1) is 8.52. The second-order valence-electron chi connectivity index (χ2n) is 4.20. The molecule has 1 aromatic carbocycles. The number of ether oxygens (including phenoxy) is 1. The Labute approximate surface area is 103 Å². The highest BCUT2D eigenvalue weighted by molar-refractivity contribution is 6.02. The van der Waals surface area contributed by atoms with Crippen LogP contribution in [0.5, 0.6) is 17.2 Å². The van der Waals surface area contributed by atoms with E-state index >= 15 is 0 Å². The van der Waals surface area contributed by atoms with Crippen LogP contribution in [0.2, 0.25) is 0 Å². The number of carbonyl (C=O) groups is 1. The maximum absolute atomic E-state index is 11.8. The van der Waals surface area contributed by atoms with Gasteiger partial charge >= 0.3 is 0 Å². The van der Waals surface area contributed by atoms with Gasteiger partial charge in [-0.15, -0.1) is 0 Å². The summed E-state index contributed by atoms with van der Waals surface area (Å²) in [6, 6.07) is 2.27. The largest absolute Gasteiger partial charge is 0.508 e. The van der Waals surface area contributed by atoms with E-state index in [4.69, 9.17) is 9.84 Å². The lowest BCUT2D eigenvalue weighted by molar-refractivity contribution is 0.0109. The fraction of sp³-hybridized carbons (Fsp3) is 0.417. The molecule has 98 valence electrons. The minimum atomic E-state index is -0.975. The van der Waals surface area contributed by atoms with Gasteiger partial charge in [0.15, 0.2) is 5.78 Å². The number of benzene rings is 1. The van der Waals surface area contributed by atoms with Crippen LogP contribution in [0.4, 0.5) is 0 Å². The molecule has 1 heterocycles. The SMILES string of the molecule is O=C1CC(C(O)CCO)Oc2cc(O)cc(O)c21. The van der Waals surface area contributed by atoms with Crippen LogP contribution in [0.15, 0.2) is 12.1 Å². The summed E-state index contributed by atoms with van der Waals surface area (Å²) in [5, 5.41) is 37.3. The topological polar surface area (TPSA) is 107 Å². The predicted octanol–water partition coefficient (Wildman–Crippen LogP) is 0.175. The average Bonchev–Trinajstić information content (AvgIpc) is 2.27. The standard InChI is InChI=1S/C12H14O6/c13-2-1-7(15)10-5-9(17)12-8(16)3-6(14)4-11(12)18-10/h3-4,7,10,13-16H,1-2,5H2. The second-order valence-corrected chi connectivity index (χ2v) is 4.20. The number of phenols is 2. The summed E-state index contributed by atoms with van der Waals surface area (Å²) in [4.78, 5) is 11.8. The molecule has 0 radical (unpaired) electrons. The van der Waals surface area contributed by atoms with Crippen molar-refractivity contribution in [3.8, 4) is 17.2 Å². The first-order valence-electron chi connectivity index (χ1n) is 5.57. The third kappa shape index (κ3) is 2.25. The third-order valence-electron chi connectivity index (χ3n) is 2.86. The van der Waals surface area contributed by atoms with Crippen LogP contribution < -0.4 is 4.74 Å². The normalized spacial score (nSPS) is 20.1. The number of aromatic hydroxyl groups is 2. The molecule has 0 bridgehead atoms. The van der Waals surface area contributed by atoms with Gasteiger partial charge in [0.25, 0.3) is 0 Å².